The Morgan fingerprint density at radius 2 is 1.90 bits per heavy atom. The van der Waals surface area contributed by atoms with Crippen LogP contribution in [0.5, 0.6) is 0 Å². The molecule has 10 nitrogen and oxygen atoms in total. The minimum Gasteiger partial charge on any atom is -0.369 e. The largest absolute Gasteiger partial charge is 0.369 e. The second-order valence-electron chi connectivity index (χ2n) is 6.88. The molecule has 3 rings (SSSR count). The molecule has 0 spiro atoms. The van der Waals surface area contributed by atoms with E-state index in [0.717, 1.165) is 11.3 Å². The van der Waals surface area contributed by atoms with Gasteiger partial charge in [-0.05, 0) is 31.5 Å². The van der Waals surface area contributed by atoms with E-state index in [1.165, 1.54) is 19.3 Å². The maximum atomic E-state index is 12.7. The van der Waals surface area contributed by atoms with Gasteiger partial charge in [0.1, 0.15) is 0 Å². The fourth-order valence-corrected chi connectivity index (χ4v) is 2.96. The number of benzene rings is 1. The van der Waals surface area contributed by atoms with Gasteiger partial charge in [0.15, 0.2) is 5.82 Å². The fraction of sp³-hybridized carbons (Fsp3) is 0.190. The molecule has 0 unspecified atom stereocenters. The number of hydrogen-bond acceptors (Lipinski definition) is 7. The third-order valence-corrected chi connectivity index (χ3v) is 4.63. The lowest BCUT2D eigenvalue weighted by molar-refractivity contribution is -0.115. The molecule has 0 saturated heterocycles. The molecule has 0 saturated carbocycles. The van der Waals surface area contributed by atoms with E-state index >= 15 is 0 Å². The summed E-state index contributed by atoms with van der Waals surface area (Å²) in [6.45, 7) is 3.54. The van der Waals surface area contributed by atoms with E-state index in [1.54, 1.807) is 6.92 Å². The molecule has 0 fully saturated rings. The van der Waals surface area contributed by atoms with Gasteiger partial charge in [0.2, 0.25) is 11.9 Å². The minimum absolute atomic E-state index is 0.0149. The van der Waals surface area contributed by atoms with Crippen molar-refractivity contribution >= 4 is 35.0 Å². The molecule has 0 aliphatic rings. The van der Waals surface area contributed by atoms with Crippen LogP contribution in [0.4, 0.5) is 23.1 Å². The number of carbonyl (C=O) groups excluding carboxylic acids is 2. The Morgan fingerprint density at radius 3 is 2.58 bits per heavy atom. The lowest BCUT2D eigenvalue weighted by Gasteiger charge is -2.15. The van der Waals surface area contributed by atoms with Crippen molar-refractivity contribution in [3.63, 3.8) is 0 Å². The first-order valence-corrected chi connectivity index (χ1v) is 9.48. The molecule has 2 heterocycles. The molecule has 6 N–H and O–H groups in total. The Hall–Kier alpha value is -4.21. The molecular formula is C21H23N7O3. The van der Waals surface area contributed by atoms with E-state index in [9.17, 15) is 14.4 Å². The Morgan fingerprint density at radius 1 is 1.16 bits per heavy atom. The molecule has 10 heteroatoms. The molecule has 0 radical (unpaired) electrons. The van der Waals surface area contributed by atoms with Crippen molar-refractivity contribution in [1.82, 2.24) is 20.3 Å². The first kappa shape index (κ1) is 21.5. The van der Waals surface area contributed by atoms with Crippen molar-refractivity contribution in [2.24, 2.45) is 0 Å². The van der Waals surface area contributed by atoms with Crippen molar-refractivity contribution in [1.29, 1.82) is 0 Å². The number of nitrogens with one attached hydrogen (secondary N) is 4. The number of nitrogens with zero attached hydrogens (tertiary/aromatic N) is 2. The highest BCUT2D eigenvalue weighted by molar-refractivity contribution is 5.99. The number of aryl methyl sites for hydroxylation is 2. The number of nitrogen functional groups attached to an aromatic ring is 1. The second kappa shape index (κ2) is 9.08. The number of rotatable bonds is 6. The van der Waals surface area contributed by atoms with Crippen LogP contribution in [0.2, 0.25) is 0 Å². The van der Waals surface area contributed by atoms with Crippen molar-refractivity contribution in [3.8, 4) is 0 Å². The number of amides is 2. The van der Waals surface area contributed by atoms with Crippen molar-refractivity contribution in [3.05, 3.63) is 69.3 Å². The molecule has 3 aromatic rings. The monoisotopic (exact) mass is 421 g/mol. The standard InChI is InChI=1S/C21H23N7O3/c1-11-6-4-5-7-15(11)27-18-16(8-13(10-24-18)19(30)23-3)26-17(29)9-14-12(2)25-21(22)28-20(14)31/h4-8,10H,9H2,1-3H3,(H,23,30)(H,24,27)(H,26,29)(H3,22,25,28,31). The zero-order valence-corrected chi connectivity index (χ0v) is 17.4. The van der Waals surface area contributed by atoms with E-state index in [-0.39, 0.29) is 29.4 Å². The Kier molecular flexibility index (Phi) is 6.29. The average molecular weight is 421 g/mol. The summed E-state index contributed by atoms with van der Waals surface area (Å²) < 4.78 is 0. The summed E-state index contributed by atoms with van der Waals surface area (Å²) in [6, 6.07) is 9.10. The van der Waals surface area contributed by atoms with Gasteiger partial charge in [-0.2, -0.15) is 0 Å². The summed E-state index contributed by atoms with van der Waals surface area (Å²) in [5, 5.41) is 8.42. The van der Waals surface area contributed by atoms with E-state index in [1.807, 2.05) is 31.2 Å². The molecule has 2 aromatic heterocycles. The van der Waals surface area contributed by atoms with E-state index in [4.69, 9.17) is 5.73 Å². The van der Waals surface area contributed by atoms with Gasteiger partial charge < -0.3 is 21.7 Å². The third kappa shape index (κ3) is 5.04. The summed E-state index contributed by atoms with van der Waals surface area (Å²) in [5.74, 6) is -0.473. The summed E-state index contributed by atoms with van der Waals surface area (Å²) in [4.78, 5) is 47.6. The number of anilines is 4. The maximum absolute atomic E-state index is 12.7. The van der Waals surface area contributed by atoms with Crippen LogP contribution in [0.25, 0.3) is 0 Å². The molecule has 31 heavy (non-hydrogen) atoms. The number of nitrogens with two attached hydrogens (primary N) is 1. The highest BCUT2D eigenvalue weighted by atomic mass is 16.2. The number of H-pyrrole nitrogens is 1. The molecule has 0 aliphatic heterocycles. The molecule has 0 aliphatic carbocycles. The molecule has 2 amide bonds. The smallest absolute Gasteiger partial charge is 0.256 e. The summed E-state index contributed by atoms with van der Waals surface area (Å²) in [7, 11) is 1.50. The number of carbonyl (C=O) groups is 2. The fourth-order valence-electron chi connectivity index (χ4n) is 2.96. The Bertz CT molecular complexity index is 1200. The van der Waals surface area contributed by atoms with Gasteiger partial charge in [-0.1, -0.05) is 18.2 Å². The van der Waals surface area contributed by atoms with Crippen LogP contribution >= 0.6 is 0 Å². The van der Waals surface area contributed by atoms with Crippen molar-refractivity contribution < 1.29 is 9.59 Å². The zero-order chi connectivity index (χ0) is 22.5. The zero-order valence-electron chi connectivity index (χ0n) is 17.4. The molecule has 0 bridgehead atoms. The van der Waals surface area contributed by atoms with Crippen molar-refractivity contribution in [2.45, 2.75) is 20.3 Å². The predicted octanol–water partition coefficient (Wildman–Crippen LogP) is 1.65. The van der Waals surface area contributed by atoms with Gasteiger partial charge in [-0.15, -0.1) is 0 Å². The highest BCUT2D eigenvalue weighted by Crippen LogP contribution is 2.26. The minimum atomic E-state index is -0.476. The van der Waals surface area contributed by atoms with Gasteiger partial charge >= 0.3 is 0 Å². The summed E-state index contributed by atoms with van der Waals surface area (Å²) in [5.41, 5.74) is 7.97. The quantitative estimate of drug-likeness (QED) is 0.405. The summed E-state index contributed by atoms with van der Waals surface area (Å²) >= 11 is 0. The Balaban J connectivity index is 1.92. The average Bonchev–Trinajstić information content (AvgIpc) is 2.73. The highest BCUT2D eigenvalue weighted by Gasteiger charge is 2.16. The normalized spacial score (nSPS) is 10.4. The van der Waals surface area contributed by atoms with Crippen LogP contribution in [-0.2, 0) is 11.2 Å². The number of pyridine rings is 1. The van der Waals surface area contributed by atoms with Crippen molar-refractivity contribution in [2.75, 3.05) is 23.4 Å². The van der Waals surface area contributed by atoms with Crippen LogP contribution < -0.4 is 27.2 Å². The molecule has 1 aromatic carbocycles. The van der Waals surface area contributed by atoms with E-state index in [2.05, 4.69) is 30.9 Å². The summed E-state index contributed by atoms with van der Waals surface area (Å²) in [6.07, 6.45) is 1.19. The van der Waals surface area contributed by atoms with Crippen LogP contribution in [0.1, 0.15) is 27.2 Å². The van der Waals surface area contributed by atoms with E-state index in [0.29, 0.717) is 17.2 Å². The number of aromatic nitrogens is 3. The number of hydrogen-bond donors (Lipinski definition) is 5. The lowest BCUT2D eigenvalue weighted by atomic mass is 10.1. The van der Waals surface area contributed by atoms with Gasteiger partial charge in [0.25, 0.3) is 11.5 Å². The maximum Gasteiger partial charge on any atom is 0.256 e. The van der Waals surface area contributed by atoms with Gasteiger partial charge in [0, 0.05) is 24.5 Å². The lowest BCUT2D eigenvalue weighted by Crippen LogP contribution is -2.25. The van der Waals surface area contributed by atoms with Crippen LogP contribution in [-0.4, -0.2) is 33.8 Å². The molecular weight excluding hydrogens is 398 g/mol. The number of para-hydroxylation sites is 1. The molecule has 0 atom stereocenters. The molecule has 160 valence electrons. The van der Waals surface area contributed by atoms with Crippen LogP contribution in [0.3, 0.4) is 0 Å². The van der Waals surface area contributed by atoms with E-state index < -0.39 is 11.5 Å². The predicted molar refractivity (Wildman–Crippen MR) is 118 cm³/mol. The second-order valence-corrected chi connectivity index (χ2v) is 6.88. The van der Waals surface area contributed by atoms with Crippen LogP contribution in [0, 0.1) is 13.8 Å². The first-order chi connectivity index (χ1) is 14.8. The number of aromatic amines is 1. The SMILES string of the molecule is CNC(=O)c1cnc(Nc2ccccc2C)c(NC(=O)Cc2c(C)nc(N)[nH]c2=O)c1. The first-order valence-electron chi connectivity index (χ1n) is 9.48. The van der Waals surface area contributed by atoms with Gasteiger partial charge in [-0.25, -0.2) is 9.97 Å². The van der Waals surface area contributed by atoms with Gasteiger partial charge in [0.05, 0.1) is 23.4 Å². The topological polar surface area (TPSA) is 155 Å². The Labute approximate surface area is 178 Å². The van der Waals surface area contributed by atoms with Gasteiger partial charge in [-0.3, -0.25) is 19.4 Å². The van der Waals surface area contributed by atoms with Crippen LogP contribution in [0.15, 0.2) is 41.3 Å². The third-order valence-electron chi connectivity index (χ3n) is 4.63.